The molecule has 0 aliphatic carbocycles. The monoisotopic (exact) mass is 263 g/mol. The first kappa shape index (κ1) is 13.9. The molecule has 5 nitrogen and oxygen atoms in total. The second kappa shape index (κ2) is 5.65. The zero-order chi connectivity index (χ0) is 13.9. The van der Waals surface area contributed by atoms with E-state index in [-0.39, 0.29) is 17.2 Å². The van der Waals surface area contributed by atoms with E-state index in [1.807, 2.05) is 0 Å². The fraction of sp³-hybridized carbons (Fsp3) is 0.643. The number of anilines is 1. The summed E-state index contributed by atoms with van der Waals surface area (Å²) in [6.45, 7) is 7.43. The first-order valence-corrected chi connectivity index (χ1v) is 6.68. The fourth-order valence-electron chi connectivity index (χ4n) is 1.97. The highest BCUT2D eigenvalue weighted by molar-refractivity contribution is 5.92. The van der Waals surface area contributed by atoms with Gasteiger partial charge >= 0.3 is 0 Å². The van der Waals surface area contributed by atoms with Crippen LogP contribution in [0.3, 0.4) is 0 Å². The number of carbonyl (C=O) groups is 1. The predicted molar refractivity (Wildman–Crippen MR) is 72.9 cm³/mol. The van der Waals surface area contributed by atoms with Crippen molar-refractivity contribution in [1.82, 2.24) is 9.97 Å². The summed E-state index contributed by atoms with van der Waals surface area (Å²) in [4.78, 5) is 20.6. The molecular formula is C14H21N3O2. The molecule has 1 aliphatic rings. The molecule has 1 aliphatic heterocycles. The Morgan fingerprint density at radius 2 is 2.05 bits per heavy atom. The van der Waals surface area contributed by atoms with Crippen LogP contribution in [-0.2, 0) is 14.9 Å². The zero-order valence-electron chi connectivity index (χ0n) is 11.8. The number of carbonyl (C=O) groups excluding carboxylic acids is 1. The van der Waals surface area contributed by atoms with Crippen molar-refractivity contribution in [2.75, 3.05) is 18.5 Å². The number of ether oxygens (including phenoxy) is 1. The lowest BCUT2D eigenvalue weighted by Gasteiger charge is -2.21. The Hall–Kier alpha value is -1.49. The maximum absolute atomic E-state index is 12.0. The summed E-state index contributed by atoms with van der Waals surface area (Å²) >= 11 is 0. The molecule has 1 aromatic rings. The maximum Gasteiger partial charge on any atom is 0.229 e. The van der Waals surface area contributed by atoms with Crippen LogP contribution in [0.5, 0.6) is 0 Å². The third-order valence-electron chi connectivity index (χ3n) is 3.12. The number of rotatable bonds is 2. The molecule has 1 amide bonds. The molecule has 2 rings (SSSR count). The van der Waals surface area contributed by atoms with Crippen molar-refractivity contribution >= 4 is 11.6 Å². The van der Waals surface area contributed by atoms with Crippen LogP contribution in [0.2, 0.25) is 0 Å². The fourth-order valence-corrected chi connectivity index (χ4v) is 1.97. The Kier molecular flexibility index (Phi) is 4.14. The summed E-state index contributed by atoms with van der Waals surface area (Å²) in [5.41, 5.74) is 0.559. The molecule has 0 aromatic carbocycles. The molecule has 1 N–H and O–H groups in total. The van der Waals surface area contributed by atoms with Crippen LogP contribution in [0, 0.1) is 5.92 Å². The van der Waals surface area contributed by atoms with E-state index in [1.165, 1.54) is 0 Å². The van der Waals surface area contributed by atoms with Crippen molar-refractivity contribution in [3.05, 3.63) is 18.2 Å². The highest BCUT2D eigenvalue weighted by atomic mass is 16.5. The minimum atomic E-state index is -0.0836. The van der Waals surface area contributed by atoms with Crippen molar-refractivity contribution in [2.24, 2.45) is 5.92 Å². The quantitative estimate of drug-likeness (QED) is 0.888. The zero-order valence-corrected chi connectivity index (χ0v) is 11.8. The third-order valence-corrected chi connectivity index (χ3v) is 3.12. The van der Waals surface area contributed by atoms with E-state index in [4.69, 9.17) is 4.74 Å². The van der Waals surface area contributed by atoms with Gasteiger partial charge in [0.05, 0.1) is 30.6 Å². The number of nitrogens with zero attached hydrogens (tertiary/aromatic N) is 2. The van der Waals surface area contributed by atoms with Gasteiger partial charge in [-0.1, -0.05) is 20.8 Å². The minimum Gasteiger partial charge on any atom is -0.381 e. The van der Waals surface area contributed by atoms with Crippen molar-refractivity contribution in [3.63, 3.8) is 0 Å². The van der Waals surface area contributed by atoms with Gasteiger partial charge in [0.2, 0.25) is 5.91 Å². The molecule has 0 saturated carbocycles. The van der Waals surface area contributed by atoms with E-state index >= 15 is 0 Å². The van der Waals surface area contributed by atoms with Crippen LogP contribution in [0.25, 0.3) is 0 Å². The lowest BCUT2D eigenvalue weighted by molar-refractivity contribution is -0.123. The summed E-state index contributed by atoms with van der Waals surface area (Å²) < 4.78 is 5.31. The van der Waals surface area contributed by atoms with Crippen LogP contribution in [-0.4, -0.2) is 29.1 Å². The molecule has 1 aromatic heterocycles. The van der Waals surface area contributed by atoms with Crippen molar-refractivity contribution in [1.29, 1.82) is 0 Å². The van der Waals surface area contributed by atoms with Gasteiger partial charge in [0.15, 0.2) is 0 Å². The van der Waals surface area contributed by atoms with E-state index in [2.05, 4.69) is 36.1 Å². The molecule has 2 heterocycles. The van der Waals surface area contributed by atoms with E-state index in [1.54, 1.807) is 12.4 Å². The van der Waals surface area contributed by atoms with Gasteiger partial charge in [-0.3, -0.25) is 4.79 Å². The standard InChI is InChI=1S/C14H21N3O2/c1-14(2,3)13-15-7-11(8-16-13)17-12(18)10-5-4-6-19-9-10/h7-8,10H,4-6,9H2,1-3H3,(H,17,18). The van der Waals surface area contributed by atoms with Gasteiger partial charge in [-0.05, 0) is 12.8 Å². The first-order chi connectivity index (χ1) is 8.97. The molecule has 0 radical (unpaired) electrons. The van der Waals surface area contributed by atoms with Crippen molar-refractivity contribution in [2.45, 2.75) is 39.0 Å². The summed E-state index contributed by atoms with van der Waals surface area (Å²) in [6.07, 6.45) is 5.15. The van der Waals surface area contributed by atoms with Crippen LogP contribution >= 0.6 is 0 Å². The summed E-state index contributed by atoms with van der Waals surface area (Å²) in [5.74, 6) is 0.703. The predicted octanol–water partition coefficient (Wildman–Crippen LogP) is 2.14. The topological polar surface area (TPSA) is 64.1 Å². The van der Waals surface area contributed by atoms with Gasteiger partial charge in [-0.25, -0.2) is 9.97 Å². The molecule has 0 bridgehead atoms. The molecular weight excluding hydrogens is 242 g/mol. The average Bonchev–Trinajstić information content (AvgIpc) is 2.39. The minimum absolute atomic E-state index is 0.00758. The lowest BCUT2D eigenvalue weighted by atomic mass is 9.96. The van der Waals surface area contributed by atoms with Gasteiger partial charge in [0, 0.05) is 12.0 Å². The Bertz CT molecular complexity index is 431. The first-order valence-electron chi connectivity index (χ1n) is 6.68. The second-order valence-electron chi connectivity index (χ2n) is 5.95. The number of hydrogen-bond donors (Lipinski definition) is 1. The Labute approximate surface area is 113 Å². The molecule has 19 heavy (non-hydrogen) atoms. The number of hydrogen-bond acceptors (Lipinski definition) is 4. The summed E-state index contributed by atoms with van der Waals surface area (Å²) in [6, 6.07) is 0. The normalized spacial score (nSPS) is 20.1. The largest absolute Gasteiger partial charge is 0.381 e. The lowest BCUT2D eigenvalue weighted by Crippen LogP contribution is -2.30. The van der Waals surface area contributed by atoms with E-state index in [9.17, 15) is 4.79 Å². The maximum atomic E-state index is 12.0. The van der Waals surface area contributed by atoms with Crippen molar-refractivity contribution < 1.29 is 9.53 Å². The smallest absolute Gasteiger partial charge is 0.229 e. The molecule has 0 spiro atoms. The van der Waals surface area contributed by atoms with Crippen LogP contribution in [0.15, 0.2) is 12.4 Å². The van der Waals surface area contributed by atoms with Crippen LogP contribution < -0.4 is 5.32 Å². The van der Waals surface area contributed by atoms with Gasteiger partial charge in [-0.15, -0.1) is 0 Å². The number of nitrogens with one attached hydrogen (secondary N) is 1. The Morgan fingerprint density at radius 1 is 1.37 bits per heavy atom. The van der Waals surface area contributed by atoms with E-state index in [0.29, 0.717) is 12.3 Å². The Morgan fingerprint density at radius 3 is 2.58 bits per heavy atom. The van der Waals surface area contributed by atoms with E-state index in [0.717, 1.165) is 25.3 Å². The highest BCUT2D eigenvalue weighted by Gasteiger charge is 2.22. The second-order valence-corrected chi connectivity index (χ2v) is 5.95. The molecule has 1 fully saturated rings. The molecule has 1 saturated heterocycles. The van der Waals surface area contributed by atoms with Gasteiger partial charge in [-0.2, -0.15) is 0 Å². The molecule has 1 unspecified atom stereocenters. The van der Waals surface area contributed by atoms with Gasteiger partial charge < -0.3 is 10.1 Å². The SMILES string of the molecule is CC(C)(C)c1ncc(NC(=O)C2CCCOC2)cn1. The van der Waals surface area contributed by atoms with Gasteiger partial charge in [0.25, 0.3) is 0 Å². The highest BCUT2D eigenvalue weighted by Crippen LogP contribution is 2.19. The Balaban J connectivity index is 1.97. The molecule has 5 heteroatoms. The molecule has 104 valence electrons. The average molecular weight is 263 g/mol. The van der Waals surface area contributed by atoms with Crippen LogP contribution in [0.4, 0.5) is 5.69 Å². The number of amides is 1. The molecule has 1 atom stereocenters. The van der Waals surface area contributed by atoms with E-state index < -0.39 is 0 Å². The van der Waals surface area contributed by atoms with Crippen LogP contribution in [0.1, 0.15) is 39.4 Å². The van der Waals surface area contributed by atoms with Crippen molar-refractivity contribution in [3.8, 4) is 0 Å². The van der Waals surface area contributed by atoms with Gasteiger partial charge in [0.1, 0.15) is 5.82 Å². The third kappa shape index (κ3) is 3.73. The summed E-state index contributed by atoms with van der Waals surface area (Å²) in [7, 11) is 0. The number of aromatic nitrogens is 2. The summed E-state index contributed by atoms with van der Waals surface area (Å²) in [5, 5.41) is 2.85.